The molecule has 0 atom stereocenters. The molecular weight excluding hydrogens is 252 g/mol. The van der Waals surface area contributed by atoms with E-state index in [9.17, 15) is 4.79 Å². The summed E-state index contributed by atoms with van der Waals surface area (Å²) in [7, 11) is 0. The molecule has 0 bridgehead atoms. The molecule has 0 fully saturated rings. The Morgan fingerprint density at radius 3 is 3.00 bits per heavy atom. The summed E-state index contributed by atoms with van der Waals surface area (Å²) in [5.41, 5.74) is 0.693. The third-order valence-electron chi connectivity index (χ3n) is 2.58. The van der Waals surface area contributed by atoms with E-state index >= 15 is 0 Å². The van der Waals surface area contributed by atoms with Crippen LogP contribution in [0, 0.1) is 6.92 Å². The van der Waals surface area contributed by atoms with Crippen molar-refractivity contribution in [2.45, 2.75) is 6.92 Å². The highest BCUT2D eigenvalue weighted by molar-refractivity contribution is 5.91. The molecule has 0 saturated heterocycles. The van der Waals surface area contributed by atoms with Crippen molar-refractivity contribution in [3.63, 3.8) is 0 Å². The monoisotopic (exact) mass is 260 g/mol. The van der Waals surface area contributed by atoms with Crippen molar-refractivity contribution in [2.75, 3.05) is 0 Å². The van der Waals surface area contributed by atoms with Gasteiger partial charge in [0.25, 0.3) is 5.89 Å². The molecule has 0 saturated carbocycles. The van der Waals surface area contributed by atoms with Crippen LogP contribution < -0.4 is 0 Å². The minimum absolute atomic E-state index is 0.0606. The molecule has 3 heterocycles. The lowest BCUT2D eigenvalue weighted by Gasteiger charge is -1.90. The molecule has 0 unspecified atom stereocenters. The standard InChI is InChI=1S/C11H8N4O4/c1-5-6(2-3-18-5)9-14-10(19-15-9)7-8(11(16)17)13-4-12-7/h2-4H,1H3,(H,12,13)(H,16,17). The van der Waals surface area contributed by atoms with Gasteiger partial charge in [-0.05, 0) is 13.0 Å². The van der Waals surface area contributed by atoms with Crippen LogP contribution in [0.2, 0.25) is 0 Å². The van der Waals surface area contributed by atoms with Crippen molar-refractivity contribution in [3.8, 4) is 23.0 Å². The fourth-order valence-corrected chi connectivity index (χ4v) is 1.67. The Balaban J connectivity index is 2.04. The van der Waals surface area contributed by atoms with Gasteiger partial charge in [0, 0.05) is 0 Å². The van der Waals surface area contributed by atoms with E-state index in [1.54, 1.807) is 13.0 Å². The van der Waals surface area contributed by atoms with Gasteiger partial charge in [-0.15, -0.1) is 0 Å². The number of nitrogens with one attached hydrogen (secondary N) is 1. The normalized spacial score (nSPS) is 10.8. The quantitative estimate of drug-likeness (QED) is 0.735. The summed E-state index contributed by atoms with van der Waals surface area (Å²) in [6, 6.07) is 1.70. The van der Waals surface area contributed by atoms with Crippen LogP contribution in [0.5, 0.6) is 0 Å². The van der Waals surface area contributed by atoms with Crippen LogP contribution in [0.25, 0.3) is 23.0 Å². The number of hydrogen-bond acceptors (Lipinski definition) is 6. The molecule has 3 aromatic heterocycles. The molecule has 0 amide bonds. The topological polar surface area (TPSA) is 118 Å². The highest BCUT2D eigenvalue weighted by Gasteiger charge is 2.21. The van der Waals surface area contributed by atoms with E-state index < -0.39 is 5.97 Å². The van der Waals surface area contributed by atoms with E-state index in [4.69, 9.17) is 14.0 Å². The van der Waals surface area contributed by atoms with Gasteiger partial charge < -0.3 is 19.0 Å². The Bertz CT molecular complexity index is 739. The van der Waals surface area contributed by atoms with Crippen LogP contribution in [0.3, 0.4) is 0 Å². The van der Waals surface area contributed by atoms with Crippen molar-refractivity contribution in [3.05, 3.63) is 30.1 Å². The Morgan fingerprint density at radius 1 is 1.47 bits per heavy atom. The molecular formula is C11H8N4O4. The SMILES string of the molecule is Cc1occc1-c1noc(-c2[nH]cnc2C(=O)O)n1. The highest BCUT2D eigenvalue weighted by atomic mass is 16.5. The largest absolute Gasteiger partial charge is 0.476 e. The first-order valence-electron chi connectivity index (χ1n) is 5.32. The lowest BCUT2D eigenvalue weighted by atomic mass is 10.2. The van der Waals surface area contributed by atoms with Crippen molar-refractivity contribution in [1.82, 2.24) is 20.1 Å². The van der Waals surface area contributed by atoms with Crippen LogP contribution in [-0.4, -0.2) is 31.2 Å². The zero-order chi connectivity index (χ0) is 13.4. The number of aromatic carboxylic acids is 1. The Kier molecular flexibility index (Phi) is 2.41. The number of nitrogens with zero attached hydrogens (tertiary/aromatic N) is 3. The molecule has 8 nitrogen and oxygen atoms in total. The number of aromatic amines is 1. The molecule has 0 aliphatic rings. The summed E-state index contributed by atoms with van der Waals surface area (Å²) in [4.78, 5) is 21.4. The van der Waals surface area contributed by atoms with E-state index in [-0.39, 0.29) is 17.3 Å². The van der Waals surface area contributed by atoms with Gasteiger partial charge in [-0.3, -0.25) is 0 Å². The number of carboxylic acid groups (broad SMARTS) is 1. The molecule has 3 rings (SSSR count). The number of rotatable bonds is 3. The minimum Gasteiger partial charge on any atom is -0.476 e. The van der Waals surface area contributed by atoms with Crippen LogP contribution in [0.4, 0.5) is 0 Å². The van der Waals surface area contributed by atoms with Crippen LogP contribution >= 0.6 is 0 Å². The number of carboxylic acids is 1. The zero-order valence-electron chi connectivity index (χ0n) is 9.75. The Morgan fingerprint density at radius 2 is 2.32 bits per heavy atom. The third-order valence-corrected chi connectivity index (χ3v) is 2.58. The fraction of sp³-hybridized carbons (Fsp3) is 0.0909. The van der Waals surface area contributed by atoms with E-state index in [0.29, 0.717) is 17.1 Å². The molecule has 0 spiro atoms. The molecule has 3 aromatic rings. The summed E-state index contributed by atoms with van der Waals surface area (Å²) < 4.78 is 10.2. The van der Waals surface area contributed by atoms with Crippen molar-refractivity contribution < 1.29 is 18.8 Å². The van der Waals surface area contributed by atoms with Crippen molar-refractivity contribution in [1.29, 1.82) is 0 Å². The number of H-pyrrole nitrogens is 1. The van der Waals surface area contributed by atoms with Gasteiger partial charge in [0.05, 0.1) is 18.2 Å². The van der Waals surface area contributed by atoms with Crippen molar-refractivity contribution >= 4 is 5.97 Å². The molecule has 0 radical (unpaired) electrons. The second kappa shape index (κ2) is 4.09. The van der Waals surface area contributed by atoms with Gasteiger partial charge in [-0.1, -0.05) is 5.16 Å². The van der Waals surface area contributed by atoms with Gasteiger partial charge in [0.2, 0.25) is 5.82 Å². The Labute approximate surface area is 106 Å². The molecule has 0 aromatic carbocycles. The molecule has 2 N–H and O–H groups in total. The maximum Gasteiger partial charge on any atom is 0.356 e. The number of imidazole rings is 1. The van der Waals surface area contributed by atoms with Gasteiger partial charge in [0.1, 0.15) is 11.5 Å². The van der Waals surface area contributed by atoms with Crippen LogP contribution in [-0.2, 0) is 0 Å². The predicted molar refractivity (Wildman–Crippen MR) is 61.3 cm³/mol. The zero-order valence-corrected chi connectivity index (χ0v) is 9.75. The molecule has 19 heavy (non-hydrogen) atoms. The lowest BCUT2D eigenvalue weighted by Crippen LogP contribution is -1.99. The summed E-state index contributed by atoms with van der Waals surface area (Å²) in [5, 5.41) is 12.8. The number of hydrogen-bond donors (Lipinski definition) is 2. The summed E-state index contributed by atoms with van der Waals surface area (Å²) in [6.45, 7) is 1.77. The van der Waals surface area contributed by atoms with E-state index in [1.165, 1.54) is 12.6 Å². The molecule has 0 aliphatic carbocycles. The van der Waals surface area contributed by atoms with Crippen LogP contribution in [0.1, 0.15) is 16.2 Å². The second-order valence-corrected chi connectivity index (χ2v) is 3.74. The van der Waals surface area contributed by atoms with E-state index in [1.807, 2.05) is 0 Å². The summed E-state index contributed by atoms with van der Waals surface area (Å²) >= 11 is 0. The number of furan rings is 1. The third kappa shape index (κ3) is 1.79. The van der Waals surface area contributed by atoms with E-state index in [2.05, 4.69) is 20.1 Å². The average molecular weight is 260 g/mol. The first-order valence-corrected chi connectivity index (χ1v) is 5.32. The van der Waals surface area contributed by atoms with Gasteiger partial charge in [-0.2, -0.15) is 4.98 Å². The van der Waals surface area contributed by atoms with Gasteiger partial charge in [-0.25, -0.2) is 9.78 Å². The first-order chi connectivity index (χ1) is 9.16. The molecule has 8 heteroatoms. The number of aromatic nitrogens is 4. The van der Waals surface area contributed by atoms with Gasteiger partial charge >= 0.3 is 5.97 Å². The fourth-order valence-electron chi connectivity index (χ4n) is 1.67. The lowest BCUT2D eigenvalue weighted by molar-refractivity contribution is 0.0691. The number of carbonyl (C=O) groups is 1. The molecule has 0 aliphatic heterocycles. The van der Waals surface area contributed by atoms with Crippen LogP contribution in [0.15, 0.2) is 27.6 Å². The minimum atomic E-state index is -1.17. The predicted octanol–water partition coefficient (Wildman–Crippen LogP) is 1.73. The van der Waals surface area contributed by atoms with Gasteiger partial charge in [0.15, 0.2) is 5.69 Å². The highest BCUT2D eigenvalue weighted by Crippen LogP contribution is 2.25. The second-order valence-electron chi connectivity index (χ2n) is 3.74. The summed E-state index contributed by atoms with van der Waals surface area (Å²) in [5.74, 6) is -0.136. The van der Waals surface area contributed by atoms with E-state index in [0.717, 1.165) is 0 Å². The summed E-state index contributed by atoms with van der Waals surface area (Å²) in [6.07, 6.45) is 2.77. The Hall–Kier alpha value is -2.90. The van der Waals surface area contributed by atoms with Crippen molar-refractivity contribution in [2.24, 2.45) is 0 Å². The first kappa shape index (κ1) is 11.2. The maximum absolute atomic E-state index is 11.0. The smallest absolute Gasteiger partial charge is 0.356 e. The number of aryl methyl sites for hydroxylation is 1. The maximum atomic E-state index is 11.0. The average Bonchev–Trinajstić information content (AvgIpc) is 3.06. The molecule has 96 valence electrons.